The van der Waals surface area contributed by atoms with Gasteiger partial charge < -0.3 is 29.1 Å². The summed E-state index contributed by atoms with van der Waals surface area (Å²) in [5, 5.41) is 11.5. The van der Waals surface area contributed by atoms with Gasteiger partial charge in [-0.05, 0) is 73.8 Å². The second-order valence-corrected chi connectivity index (χ2v) is 10.1. The van der Waals surface area contributed by atoms with Crippen LogP contribution in [0.25, 0.3) is 5.76 Å². The highest BCUT2D eigenvalue weighted by Crippen LogP contribution is 2.42. The Bertz CT molecular complexity index is 1200. The van der Waals surface area contributed by atoms with Gasteiger partial charge in [0.15, 0.2) is 11.5 Å². The van der Waals surface area contributed by atoms with Crippen LogP contribution in [-0.4, -0.2) is 73.6 Å². The van der Waals surface area contributed by atoms with Crippen LogP contribution in [0.2, 0.25) is 0 Å². The predicted octanol–water partition coefficient (Wildman–Crippen LogP) is 5.20. The van der Waals surface area contributed by atoms with E-state index in [0.717, 1.165) is 25.1 Å². The minimum Gasteiger partial charge on any atom is -0.507 e. The summed E-state index contributed by atoms with van der Waals surface area (Å²) < 4.78 is 16.9. The molecule has 0 saturated carbocycles. The maximum atomic E-state index is 13.5. The van der Waals surface area contributed by atoms with Gasteiger partial charge in [0.05, 0.1) is 32.4 Å². The second-order valence-electron chi connectivity index (χ2n) is 10.1. The number of aryl methyl sites for hydroxylation is 1. The van der Waals surface area contributed by atoms with E-state index in [4.69, 9.17) is 14.2 Å². The highest BCUT2D eigenvalue weighted by Gasteiger charge is 2.46. The summed E-state index contributed by atoms with van der Waals surface area (Å²) in [7, 11) is 3.13. The Kier molecular flexibility index (Phi) is 10.4. The molecule has 39 heavy (non-hydrogen) atoms. The fourth-order valence-electron chi connectivity index (χ4n) is 4.80. The Balaban J connectivity index is 2.12. The molecule has 2 aromatic rings. The number of likely N-dealkylation sites (N-methyl/N-ethyl adjacent to an activating group) is 1. The topological polar surface area (TPSA) is 88.5 Å². The number of ketones is 1. The van der Waals surface area contributed by atoms with Gasteiger partial charge in [-0.25, -0.2) is 0 Å². The standard InChI is InChI=1S/C31H42N2O6/c1-8-32(9-2)15-16-33-28(22-10-13-25(26(19-22)38-7)39-17-14-20(3)4)27(30(35)31(33)36)29(34)24-12-11-23(37-6)18-21(24)5/h10-13,18-20,28,34H,8-9,14-17H2,1-7H3/b29-27+. The van der Waals surface area contributed by atoms with Crippen molar-refractivity contribution in [3.05, 3.63) is 58.7 Å². The third kappa shape index (κ3) is 6.74. The quantitative estimate of drug-likeness (QED) is 0.213. The number of likely N-dealkylation sites (tertiary alicyclic amines) is 1. The van der Waals surface area contributed by atoms with Crippen LogP contribution in [0.5, 0.6) is 17.2 Å². The van der Waals surface area contributed by atoms with Crippen molar-refractivity contribution in [1.82, 2.24) is 9.80 Å². The first-order chi connectivity index (χ1) is 18.7. The van der Waals surface area contributed by atoms with Crippen molar-refractivity contribution >= 4 is 17.4 Å². The summed E-state index contributed by atoms with van der Waals surface area (Å²) in [5.74, 6) is 0.694. The van der Waals surface area contributed by atoms with E-state index in [9.17, 15) is 14.7 Å². The van der Waals surface area contributed by atoms with Crippen LogP contribution in [0, 0.1) is 12.8 Å². The molecule has 212 valence electrons. The number of rotatable bonds is 13. The number of Topliss-reactive ketones (excluding diaryl/α,β-unsaturated/α-hetero) is 1. The zero-order valence-electron chi connectivity index (χ0n) is 24.2. The van der Waals surface area contributed by atoms with E-state index < -0.39 is 17.7 Å². The Hall–Kier alpha value is -3.52. The van der Waals surface area contributed by atoms with Gasteiger partial charge in [-0.15, -0.1) is 0 Å². The van der Waals surface area contributed by atoms with E-state index >= 15 is 0 Å². The zero-order chi connectivity index (χ0) is 28.7. The molecule has 1 aliphatic rings. The predicted molar refractivity (Wildman–Crippen MR) is 152 cm³/mol. The normalized spacial score (nSPS) is 16.8. The van der Waals surface area contributed by atoms with Gasteiger partial charge in [0.1, 0.15) is 11.5 Å². The number of aliphatic hydroxyl groups is 1. The largest absolute Gasteiger partial charge is 0.507 e. The highest BCUT2D eigenvalue weighted by atomic mass is 16.5. The minimum absolute atomic E-state index is 0.0587. The van der Waals surface area contributed by atoms with Crippen LogP contribution >= 0.6 is 0 Å². The molecule has 1 fully saturated rings. The maximum Gasteiger partial charge on any atom is 0.295 e. The van der Waals surface area contributed by atoms with E-state index in [2.05, 4.69) is 32.6 Å². The molecule has 2 aromatic carbocycles. The van der Waals surface area contributed by atoms with Crippen molar-refractivity contribution in [1.29, 1.82) is 0 Å². The lowest BCUT2D eigenvalue weighted by atomic mass is 9.93. The molecule has 1 atom stereocenters. The van der Waals surface area contributed by atoms with E-state index in [1.54, 1.807) is 49.5 Å². The number of nitrogens with zero attached hydrogens (tertiary/aromatic N) is 2. The Labute approximate surface area is 232 Å². The summed E-state index contributed by atoms with van der Waals surface area (Å²) in [5.41, 5.74) is 1.92. The number of carbonyl (C=O) groups excluding carboxylic acids is 2. The first kappa shape index (κ1) is 30.0. The molecule has 1 unspecified atom stereocenters. The first-order valence-corrected chi connectivity index (χ1v) is 13.6. The van der Waals surface area contributed by atoms with Crippen LogP contribution < -0.4 is 14.2 Å². The van der Waals surface area contributed by atoms with E-state index in [1.807, 2.05) is 13.0 Å². The number of hydrogen-bond donors (Lipinski definition) is 1. The second kappa shape index (κ2) is 13.5. The molecule has 0 radical (unpaired) electrons. The average Bonchev–Trinajstić information content (AvgIpc) is 3.18. The smallest absolute Gasteiger partial charge is 0.295 e. The maximum absolute atomic E-state index is 13.5. The monoisotopic (exact) mass is 538 g/mol. The summed E-state index contributed by atoms with van der Waals surface area (Å²) in [4.78, 5) is 30.6. The Morgan fingerprint density at radius 1 is 1.03 bits per heavy atom. The molecule has 1 amide bonds. The van der Waals surface area contributed by atoms with Crippen LogP contribution in [0.3, 0.4) is 0 Å². The molecule has 1 heterocycles. The van der Waals surface area contributed by atoms with Crippen molar-refractivity contribution < 1.29 is 28.9 Å². The van der Waals surface area contributed by atoms with E-state index in [0.29, 0.717) is 54.0 Å². The fourth-order valence-corrected chi connectivity index (χ4v) is 4.80. The van der Waals surface area contributed by atoms with E-state index in [-0.39, 0.29) is 11.3 Å². The van der Waals surface area contributed by atoms with Crippen LogP contribution in [0.1, 0.15) is 56.8 Å². The molecule has 8 heteroatoms. The lowest BCUT2D eigenvalue weighted by molar-refractivity contribution is -0.140. The van der Waals surface area contributed by atoms with Gasteiger partial charge >= 0.3 is 0 Å². The van der Waals surface area contributed by atoms with Crippen molar-refractivity contribution in [3.8, 4) is 17.2 Å². The van der Waals surface area contributed by atoms with Gasteiger partial charge in [-0.1, -0.05) is 33.8 Å². The number of ether oxygens (including phenoxy) is 3. The van der Waals surface area contributed by atoms with Crippen molar-refractivity contribution in [2.24, 2.45) is 5.92 Å². The molecule has 0 aromatic heterocycles. The van der Waals surface area contributed by atoms with Gasteiger partial charge in [-0.3, -0.25) is 9.59 Å². The van der Waals surface area contributed by atoms with Gasteiger partial charge in [-0.2, -0.15) is 0 Å². The first-order valence-electron chi connectivity index (χ1n) is 13.6. The molecular formula is C31H42N2O6. The van der Waals surface area contributed by atoms with Crippen molar-refractivity contribution in [3.63, 3.8) is 0 Å². The summed E-state index contributed by atoms with van der Waals surface area (Å²) >= 11 is 0. The van der Waals surface area contributed by atoms with Gasteiger partial charge in [0.25, 0.3) is 11.7 Å². The molecule has 0 spiro atoms. The molecule has 8 nitrogen and oxygen atoms in total. The lowest BCUT2D eigenvalue weighted by Gasteiger charge is -2.28. The molecule has 0 aliphatic carbocycles. The number of amides is 1. The number of hydrogen-bond acceptors (Lipinski definition) is 7. The molecule has 1 saturated heterocycles. The summed E-state index contributed by atoms with van der Waals surface area (Å²) in [6.45, 7) is 13.4. The van der Waals surface area contributed by atoms with Crippen molar-refractivity contribution in [2.45, 2.75) is 47.1 Å². The number of carbonyl (C=O) groups is 2. The van der Waals surface area contributed by atoms with Crippen LogP contribution in [0.15, 0.2) is 42.0 Å². The van der Waals surface area contributed by atoms with Crippen molar-refractivity contribution in [2.75, 3.05) is 47.0 Å². The molecule has 0 bridgehead atoms. The number of benzene rings is 2. The lowest BCUT2D eigenvalue weighted by Crippen LogP contribution is -2.38. The fraction of sp³-hybridized carbons (Fsp3) is 0.484. The Morgan fingerprint density at radius 3 is 2.33 bits per heavy atom. The Morgan fingerprint density at radius 2 is 1.74 bits per heavy atom. The third-order valence-corrected chi connectivity index (χ3v) is 7.24. The SMILES string of the molecule is CCN(CC)CCN1C(=O)C(=O)/C(=C(/O)c2ccc(OC)cc2C)C1c1ccc(OCCC(C)C)c(OC)c1. The number of methoxy groups -OCH3 is 2. The molecule has 3 rings (SSSR count). The van der Waals surface area contributed by atoms with Gasteiger partial charge in [0.2, 0.25) is 0 Å². The summed E-state index contributed by atoms with van der Waals surface area (Å²) in [6.07, 6.45) is 0.900. The highest BCUT2D eigenvalue weighted by molar-refractivity contribution is 6.46. The third-order valence-electron chi connectivity index (χ3n) is 7.24. The minimum atomic E-state index is -0.777. The number of aliphatic hydroxyl groups excluding tert-OH is 1. The summed E-state index contributed by atoms with van der Waals surface area (Å²) in [6, 6.07) is 9.86. The molecule has 1 aliphatic heterocycles. The average molecular weight is 539 g/mol. The molecule has 1 N–H and O–H groups in total. The zero-order valence-corrected chi connectivity index (χ0v) is 24.2. The van der Waals surface area contributed by atoms with E-state index in [1.165, 1.54) is 0 Å². The van der Waals surface area contributed by atoms with Crippen LogP contribution in [-0.2, 0) is 9.59 Å². The van der Waals surface area contributed by atoms with Gasteiger partial charge in [0, 0.05) is 18.7 Å². The van der Waals surface area contributed by atoms with Crippen LogP contribution in [0.4, 0.5) is 0 Å². The molecular weight excluding hydrogens is 496 g/mol.